The van der Waals surface area contributed by atoms with Crippen molar-refractivity contribution in [2.45, 2.75) is 25.0 Å². The molecule has 0 saturated heterocycles. The number of carboxylic acid groups (broad SMARTS) is 1. The number of nitrogens with two attached hydrogens (primary N) is 1. The molecule has 0 aliphatic rings. The Hall–Kier alpha value is -1.50. The van der Waals surface area contributed by atoms with Gasteiger partial charge in [0.25, 0.3) is 0 Å². The van der Waals surface area contributed by atoms with Gasteiger partial charge in [0.05, 0.1) is 12.5 Å². The summed E-state index contributed by atoms with van der Waals surface area (Å²) in [5.74, 6) is -1.69. The van der Waals surface area contributed by atoms with Crippen LogP contribution in [0.25, 0.3) is 0 Å². The fourth-order valence-electron chi connectivity index (χ4n) is 1.70. The molecular formula is C12H16FNO4. The van der Waals surface area contributed by atoms with Gasteiger partial charge in [0.2, 0.25) is 0 Å². The Balaban J connectivity index is 3.03. The van der Waals surface area contributed by atoms with Gasteiger partial charge in [0, 0.05) is 0 Å². The summed E-state index contributed by atoms with van der Waals surface area (Å²) in [6.07, 6.45) is -2.70. The highest BCUT2D eigenvalue weighted by atomic mass is 19.1. The molecule has 100 valence electrons. The molecule has 0 spiro atoms. The van der Waals surface area contributed by atoms with E-state index in [1.165, 1.54) is 6.07 Å². The second-order valence-corrected chi connectivity index (χ2v) is 4.00. The molecule has 0 aliphatic heterocycles. The van der Waals surface area contributed by atoms with Crippen molar-refractivity contribution in [3.05, 3.63) is 35.1 Å². The van der Waals surface area contributed by atoms with E-state index in [4.69, 9.17) is 10.8 Å². The predicted molar refractivity (Wildman–Crippen MR) is 62.4 cm³/mol. The molecule has 0 amide bonds. The molecule has 6 heteroatoms. The maximum absolute atomic E-state index is 13.1. The highest BCUT2D eigenvalue weighted by Gasteiger charge is 2.22. The first kappa shape index (κ1) is 14.6. The maximum Gasteiger partial charge on any atom is 0.307 e. The van der Waals surface area contributed by atoms with Gasteiger partial charge in [0.1, 0.15) is 11.9 Å². The number of carboxylic acids is 1. The number of aliphatic hydroxyl groups is 2. The Labute approximate surface area is 104 Å². The lowest BCUT2D eigenvalue weighted by molar-refractivity contribution is -0.136. The zero-order valence-electron chi connectivity index (χ0n) is 9.71. The van der Waals surface area contributed by atoms with Gasteiger partial charge in [0.15, 0.2) is 0 Å². The Morgan fingerprint density at radius 2 is 2.06 bits per heavy atom. The third kappa shape index (κ3) is 3.76. The van der Waals surface area contributed by atoms with Gasteiger partial charge >= 0.3 is 5.97 Å². The number of halogens is 1. The normalized spacial score (nSPS) is 14.2. The predicted octanol–water partition coefficient (Wildman–Crippen LogP) is 0.196. The molecule has 0 fully saturated rings. The molecule has 1 rings (SSSR count). The van der Waals surface area contributed by atoms with Gasteiger partial charge in [-0.1, -0.05) is 6.07 Å². The number of aliphatic hydroxyl groups excluding tert-OH is 2. The first-order chi connectivity index (χ1) is 8.45. The van der Waals surface area contributed by atoms with E-state index >= 15 is 0 Å². The van der Waals surface area contributed by atoms with Crippen LogP contribution in [0.1, 0.15) is 23.7 Å². The summed E-state index contributed by atoms with van der Waals surface area (Å²) in [6, 6.07) is 3.43. The zero-order chi connectivity index (χ0) is 13.7. The average Bonchev–Trinajstić information content (AvgIpc) is 2.30. The second kappa shape index (κ2) is 6.44. The topological polar surface area (TPSA) is 104 Å². The average molecular weight is 257 g/mol. The van der Waals surface area contributed by atoms with Crippen molar-refractivity contribution < 1.29 is 24.5 Å². The van der Waals surface area contributed by atoms with Crippen LogP contribution >= 0.6 is 0 Å². The molecule has 0 aromatic heterocycles. The molecule has 0 radical (unpaired) electrons. The van der Waals surface area contributed by atoms with E-state index in [1.54, 1.807) is 0 Å². The van der Waals surface area contributed by atoms with Crippen molar-refractivity contribution in [2.24, 2.45) is 5.73 Å². The van der Waals surface area contributed by atoms with Crippen LogP contribution in [0, 0.1) is 5.82 Å². The molecule has 1 aromatic carbocycles. The summed E-state index contributed by atoms with van der Waals surface area (Å²) in [5.41, 5.74) is 5.61. The lowest BCUT2D eigenvalue weighted by atomic mass is 9.95. The van der Waals surface area contributed by atoms with Gasteiger partial charge in [-0.05, 0) is 36.2 Å². The molecule has 5 nitrogen and oxygen atoms in total. The van der Waals surface area contributed by atoms with Crippen LogP contribution in [0.15, 0.2) is 18.2 Å². The molecule has 0 aliphatic carbocycles. The molecule has 1 aromatic rings. The molecule has 0 saturated carbocycles. The quantitative estimate of drug-likeness (QED) is 0.582. The van der Waals surface area contributed by atoms with Crippen LogP contribution in [0.2, 0.25) is 0 Å². The molecule has 2 unspecified atom stereocenters. The first-order valence-corrected chi connectivity index (χ1v) is 5.52. The number of rotatable bonds is 6. The van der Waals surface area contributed by atoms with Crippen molar-refractivity contribution in [2.75, 3.05) is 6.54 Å². The van der Waals surface area contributed by atoms with Gasteiger partial charge < -0.3 is 21.1 Å². The van der Waals surface area contributed by atoms with Crippen LogP contribution in [0.4, 0.5) is 4.39 Å². The van der Waals surface area contributed by atoms with Crippen LogP contribution < -0.4 is 5.73 Å². The summed E-state index contributed by atoms with van der Waals surface area (Å²) in [6.45, 7) is 0.168. The van der Waals surface area contributed by atoms with Gasteiger partial charge in [-0.2, -0.15) is 0 Å². The van der Waals surface area contributed by atoms with Crippen molar-refractivity contribution >= 4 is 5.97 Å². The number of hydrogen-bond donors (Lipinski definition) is 4. The third-order valence-corrected chi connectivity index (χ3v) is 2.60. The standard InChI is InChI=1S/C12H16FNO4/c13-8-2-1-7(5-11(16)17)9(6-8)12(18)10(15)3-4-14/h1-2,6,10,12,15,18H,3-5,14H2,(H,16,17). The summed E-state index contributed by atoms with van der Waals surface area (Å²) in [5, 5.41) is 28.2. The summed E-state index contributed by atoms with van der Waals surface area (Å²) < 4.78 is 13.1. The molecule has 2 atom stereocenters. The minimum atomic E-state index is -1.35. The van der Waals surface area contributed by atoms with Crippen LogP contribution in [0.5, 0.6) is 0 Å². The SMILES string of the molecule is NCCC(O)C(O)c1cc(F)ccc1CC(=O)O. The monoisotopic (exact) mass is 257 g/mol. The van der Waals surface area contributed by atoms with Crippen molar-refractivity contribution in [1.29, 1.82) is 0 Å². The van der Waals surface area contributed by atoms with E-state index in [1.807, 2.05) is 0 Å². The maximum atomic E-state index is 13.1. The lowest BCUT2D eigenvalue weighted by Crippen LogP contribution is -2.23. The highest BCUT2D eigenvalue weighted by Crippen LogP contribution is 2.24. The summed E-state index contributed by atoms with van der Waals surface area (Å²) in [7, 11) is 0. The van der Waals surface area contributed by atoms with E-state index < -0.39 is 24.0 Å². The van der Waals surface area contributed by atoms with E-state index in [9.17, 15) is 19.4 Å². The Kier molecular flexibility index (Phi) is 5.21. The summed E-state index contributed by atoms with van der Waals surface area (Å²) in [4.78, 5) is 10.7. The van der Waals surface area contributed by atoms with E-state index in [0.717, 1.165) is 12.1 Å². The van der Waals surface area contributed by atoms with Crippen molar-refractivity contribution in [3.8, 4) is 0 Å². The molecular weight excluding hydrogens is 241 g/mol. The number of aliphatic carboxylic acids is 1. The van der Waals surface area contributed by atoms with E-state index in [-0.39, 0.29) is 30.5 Å². The fraction of sp³-hybridized carbons (Fsp3) is 0.417. The largest absolute Gasteiger partial charge is 0.481 e. The van der Waals surface area contributed by atoms with E-state index in [2.05, 4.69) is 0 Å². The molecule has 18 heavy (non-hydrogen) atoms. The Morgan fingerprint density at radius 3 is 2.61 bits per heavy atom. The van der Waals surface area contributed by atoms with Crippen LogP contribution in [-0.2, 0) is 11.2 Å². The molecule has 0 bridgehead atoms. The molecule has 5 N–H and O–H groups in total. The Bertz CT molecular complexity index is 425. The third-order valence-electron chi connectivity index (χ3n) is 2.60. The van der Waals surface area contributed by atoms with E-state index in [0.29, 0.717) is 0 Å². The second-order valence-electron chi connectivity index (χ2n) is 4.00. The lowest BCUT2D eigenvalue weighted by Gasteiger charge is -2.20. The minimum absolute atomic E-state index is 0.0818. The minimum Gasteiger partial charge on any atom is -0.481 e. The molecule has 0 heterocycles. The number of benzene rings is 1. The zero-order valence-corrected chi connectivity index (χ0v) is 9.71. The highest BCUT2D eigenvalue weighted by molar-refractivity contribution is 5.70. The van der Waals surface area contributed by atoms with Crippen LogP contribution in [0.3, 0.4) is 0 Å². The van der Waals surface area contributed by atoms with Gasteiger partial charge in [-0.25, -0.2) is 4.39 Å². The van der Waals surface area contributed by atoms with Crippen molar-refractivity contribution in [1.82, 2.24) is 0 Å². The Morgan fingerprint density at radius 1 is 1.39 bits per heavy atom. The van der Waals surface area contributed by atoms with Gasteiger partial charge in [-0.3, -0.25) is 4.79 Å². The van der Waals surface area contributed by atoms with Crippen LogP contribution in [-0.4, -0.2) is 33.9 Å². The smallest absolute Gasteiger partial charge is 0.307 e. The number of hydrogen-bond acceptors (Lipinski definition) is 4. The number of carbonyl (C=O) groups is 1. The fourth-order valence-corrected chi connectivity index (χ4v) is 1.70. The first-order valence-electron chi connectivity index (χ1n) is 5.52. The van der Waals surface area contributed by atoms with Gasteiger partial charge in [-0.15, -0.1) is 0 Å². The van der Waals surface area contributed by atoms with Crippen molar-refractivity contribution in [3.63, 3.8) is 0 Å². The summed E-state index contributed by atoms with van der Waals surface area (Å²) >= 11 is 0.